The number of hydrogen-bond acceptors (Lipinski definition) is 2. The maximum atomic E-state index is 13.5. The van der Waals surface area contributed by atoms with Crippen molar-refractivity contribution in [3.8, 4) is 0 Å². The maximum Gasteiger partial charge on any atom is 0.243 e. The van der Waals surface area contributed by atoms with Crippen molar-refractivity contribution in [2.24, 2.45) is 34.5 Å². The Hall–Kier alpha value is -2.17. The van der Waals surface area contributed by atoms with Crippen LogP contribution in [0.15, 0.2) is 36.4 Å². The molecule has 4 nitrogen and oxygen atoms in total. The van der Waals surface area contributed by atoms with Gasteiger partial charge in [0.05, 0.1) is 0 Å². The Kier molecular flexibility index (Phi) is 4.57. The van der Waals surface area contributed by atoms with Crippen molar-refractivity contribution >= 4 is 17.5 Å². The molecule has 30 heavy (non-hydrogen) atoms. The van der Waals surface area contributed by atoms with Crippen LogP contribution in [-0.2, 0) is 9.59 Å². The van der Waals surface area contributed by atoms with E-state index < -0.39 is 0 Å². The van der Waals surface area contributed by atoms with Crippen LogP contribution in [0.4, 0.5) is 10.1 Å². The second-order valence-corrected chi connectivity index (χ2v) is 10.4. The van der Waals surface area contributed by atoms with Crippen LogP contribution in [-0.4, -0.2) is 17.9 Å². The standard InChI is InChI=1S/C25H31FN2O2/c1-24-12-10-19-17(6-9-21-25(19,2)13-11-22(29)28-21)18(24)7-8-20(24)23(30)27-16-5-3-4-15(26)14-16/h3-5,11,13-14,17-21H,6-10,12H2,1-2H3,(H,27,30)(H,28,29)/t17-,18-,19-,20+,21+,24-,25+/m0/s1. The Bertz CT molecular complexity index is 914. The molecular weight excluding hydrogens is 379 g/mol. The van der Waals surface area contributed by atoms with Gasteiger partial charge in [-0.2, -0.15) is 0 Å². The summed E-state index contributed by atoms with van der Waals surface area (Å²) >= 11 is 0. The second-order valence-electron chi connectivity index (χ2n) is 10.4. The SMILES string of the molecule is C[C@]12C=CC(=O)N[C@@H]1CC[C@@H]1[C@@H]2CC[C@]2(C)[C@@H](C(=O)Nc3cccc(F)c3)CC[C@@H]12. The number of benzene rings is 1. The smallest absolute Gasteiger partial charge is 0.243 e. The lowest BCUT2D eigenvalue weighted by Crippen LogP contribution is -2.59. The number of carbonyl (C=O) groups excluding carboxylic acids is 2. The monoisotopic (exact) mass is 410 g/mol. The van der Waals surface area contributed by atoms with Gasteiger partial charge in [0, 0.05) is 23.1 Å². The lowest BCUT2D eigenvalue weighted by Gasteiger charge is -2.58. The predicted octanol–water partition coefficient (Wildman–Crippen LogP) is 4.68. The van der Waals surface area contributed by atoms with Crippen LogP contribution in [0.3, 0.4) is 0 Å². The first-order valence-corrected chi connectivity index (χ1v) is 11.4. The van der Waals surface area contributed by atoms with Gasteiger partial charge in [-0.1, -0.05) is 26.0 Å². The fraction of sp³-hybridized carbons (Fsp3) is 0.600. The fourth-order valence-corrected chi connectivity index (χ4v) is 7.56. The van der Waals surface area contributed by atoms with E-state index in [0.29, 0.717) is 23.4 Å². The normalized spacial score (nSPS) is 42.0. The molecule has 0 saturated heterocycles. The van der Waals surface area contributed by atoms with Crippen LogP contribution in [0.1, 0.15) is 52.4 Å². The Labute approximate surface area is 177 Å². The Morgan fingerprint density at radius 2 is 1.97 bits per heavy atom. The molecule has 2 N–H and O–H groups in total. The summed E-state index contributed by atoms with van der Waals surface area (Å²) in [5, 5.41) is 6.17. The van der Waals surface area contributed by atoms with E-state index >= 15 is 0 Å². The molecule has 1 aromatic carbocycles. The van der Waals surface area contributed by atoms with E-state index in [4.69, 9.17) is 0 Å². The van der Waals surface area contributed by atoms with Crippen LogP contribution < -0.4 is 10.6 Å². The molecule has 160 valence electrons. The van der Waals surface area contributed by atoms with Gasteiger partial charge in [0.15, 0.2) is 0 Å². The molecule has 0 unspecified atom stereocenters. The largest absolute Gasteiger partial charge is 0.349 e. The summed E-state index contributed by atoms with van der Waals surface area (Å²) < 4.78 is 13.5. The molecule has 2 amide bonds. The number of carbonyl (C=O) groups is 2. The zero-order valence-corrected chi connectivity index (χ0v) is 17.8. The third kappa shape index (κ3) is 2.92. The zero-order valence-electron chi connectivity index (χ0n) is 17.8. The van der Waals surface area contributed by atoms with Gasteiger partial charge in [-0.05, 0) is 86.0 Å². The fourth-order valence-electron chi connectivity index (χ4n) is 7.56. The highest BCUT2D eigenvalue weighted by Gasteiger charge is 2.60. The molecule has 3 saturated carbocycles. The lowest BCUT2D eigenvalue weighted by atomic mass is 9.48. The molecule has 1 aliphatic heterocycles. The minimum atomic E-state index is -0.332. The minimum Gasteiger partial charge on any atom is -0.349 e. The Balaban J connectivity index is 1.37. The number of anilines is 1. The molecule has 1 heterocycles. The summed E-state index contributed by atoms with van der Waals surface area (Å²) in [6.07, 6.45) is 10.1. The van der Waals surface area contributed by atoms with E-state index in [-0.39, 0.29) is 40.4 Å². The van der Waals surface area contributed by atoms with Crippen molar-refractivity contribution in [3.63, 3.8) is 0 Å². The summed E-state index contributed by atoms with van der Waals surface area (Å²) in [6.45, 7) is 4.62. The van der Waals surface area contributed by atoms with Crippen LogP contribution >= 0.6 is 0 Å². The van der Waals surface area contributed by atoms with Gasteiger partial charge < -0.3 is 10.6 Å². The molecule has 1 aromatic rings. The van der Waals surface area contributed by atoms with Gasteiger partial charge in [0.2, 0.25) is 11.8 Å². The molecule has 4 aliphatic rings. The van der Waals surface area contributed by atoms with Gasteiger partial charge in [-0.25, -0.2) is 4.39 Å². The predicted molar refractivity (Wildman–Crippen MR) is 114 cm³/mol. The first-order valence-electron chi connectivity index (χ1n) is 11.4. The van der Waals surface area contributed by atoms with Crippen molar-refractivity contribution < 1.29 is 14.0 Å². The van der Waals surface area contributed by atoms with Gasteiger partial charge in [-0.15, -0.1) is 0 Å². The molecule has 7 atom stereocenters. The number of fused-ring (bicyclic) bond motifs is 5. The average Bonchev–Trinajstić information content (AvgIpc) is 3.06. The van der Waals surface area contributed by atoms with Gasteiger partial charge in [-0.3, -0.25) is 9.59 Å². The average molecular weight is 411 g/mol. The number of halogens is 1. The van der Waals surface area contributed by atoms with Crippen LogP contribution in [0.25, 0.3) is 0 Å². The third-order valence-corrected chi connectivity index (χ3v) is 9.09. The summed E-state index contributed by atoms with van der Waals surface area (Å²) in [5.74, 6) is 1.39. The molecule has 3 aliphatic carbocycles. The van der Waals surface area contributed by atoms with E-state index in [2.05, 4.69) is 30.6 Å². The highest BCUT2D eigenvalue weighted by molar-refractivity contribution is 5.93. The summed E-state index contributed by atoms with van der Waals surface area (Å²) in [5.41, 5.74) is 0.542. The van der Waals surface area contributed by atoms with Crippen LogP contribution in [0.2, 0.25) is 0 Å². The van der Waals surface area contributed by atoms with E-state index in [1.807, 2.05) is 0 Å². The molecular formula is C25H31FN2O2. The first-order chi connectivity index (χ1) is 14.3. The molecule has 0 radical (unpaired) electrons. The van der Waals surface area contributed by atoms with Gasteiger partial charge >= 0.3 is 0 Å². The van der Waals surface area contributed by atoms with Crippen LogP contribution in [0, 0.1) is 40.3 Å². The molecule has 0 spiro atoms. The summed E-state index contributed by atoms with van der Waals surface area (Å²) in [7, 11) is 0. The molecule has 5 rings (SSSR count). The molecule has 0 bridgehead atoms. The zero-order chi connectivity index (χ0) is 21.1. The van der Waals surface area contributed by atoms with Crippen molar-refractivity contribution in [1.82, 2.24) is 5.32 Å². The first kappa shape index (κ1) is 19.8. The Morgan fingerprint density at radius 1 is 1.13 bits per heavy atom. The number of hydrogen-bond donors (Lipinski definition) is 2. The highest BCUT2D eigenvalue weighted by Crippen LogP contribution is 2.65. The van der Waals surface area contributed by atoms with E-state index in [0.717, 1.165) is 38.5 Å². The third-order valence-electron chi connectivity index (χ3n) is 9.09. The van der Waals surface area contributed by atoms with Gasteiger partial charge in [0.1, 0.15) is 5.82 Å². The van der Waals surface area contributed by atoms with Gasteiger partial charge in [0.25, 0.3) is 0 Å². The van der Waals surface area contributed by atoms with Crippen LogP contribution in [0.5, 0.6) is 0 Å². The van der Waals surface area contributed by atoms with Crippen molar-refractivity contribution in [3.05, 3.63) is 42.2 Å². The summed E-state index contributed by atoms with van der Waals surface area (Å²) in [6, 6.07) is 6.39. The van der Waals surface area contributed by atoms with E-state index in [1.54, 1.807) is 18.2 Å². The summed E-state index contributed by atoms with van der Waals surface area (Å²) in [4.78, 5) is 25.1. The number of nitrogens with one attached hydrogen (secondary N) is 2. The molecule has 3 fully saturated rings. The number of rotatable bonds is 2. The van der Waals surface area contributed by atoms with Crippen molar-refractivity contribution in [1.29, 1.82) is 0 Å². The maximum absolute atomic E-state index is 13.5. The lowest BCUT2D eigenvalue weighted by molar-refractivity contribution is -0.129. The minimum absolute atomic E-state index is 0.0105. The Morgan fingerprint density at radius 3 is 2.77 bits per heavy atom. The topological polar surface area (TPSA) is 58.2 Å². The van der Waals surface area contributed by atoms with E-state index in [9.17, 15) is 14.0 Å². The second kappa shape index (κ2) is 6.93. The number of amides is 2. The van der Waals surface area contributed by atoms with E-state index in [1.165, 1.54) is 12.1 Å². The molecule has 0 aromatic heterocycles. The van der Waals surface area contributed by atoms with Crippen molar-refractivity contribution in [2.45, 2.75) is 58.4 Å². The quantitative estimate of drug-likeness (QED) is 0.744. The molecule has 5 heteroatoms. The highest BCUT2D eigenvalue weighted by atomic mass is 19.1. The van der Waals surface area contributed by atoms with Crippen molar-refractivity contribution in [2.75, 3.05) is 5.32 Å².